The van der Waals surface area contributed by atoms with Gasteiger partial charge in [-0.2, -0.15) is 0 Å². The third-order valence-electron chi connectivity index (χ3n) is 2.94. The van der Waals surface area contributed by atoms with Crippen molar-refractivity contribution in [3.05, 3.63) is 0 Å². The van der Waals surface area contributed by atoms with Crippen LogP contribution in [0.4, 0.5) is 0 Å². The van der Waals surface area contributed by atoms with E-state index in [1.165, 1.54) is 0 Å². The predicted molar refractivity (Wildman–Crippen MR) is 64.3 cm³/mol. The Labute approximate surface area is 102 Å². The first-order valence-electron chi connectivity index (χ1n) is 5.42. The molecular weight excluding hydrogens is 230 g/mol. The van der Waals surface area contributed by atoms with Crippen LogP contribution in [0.1, 0.15) is 32.6 Å². The second-order valence-corrected chi connectivity index (χ2v) is 3.94. The van der Waals surface area contributed by atoms with E-state index in [9.17, 15) is 9.59 Å². The molecule has 1 aliphatic rings. The molecule has 0 spiro atoms. The summed E-state index contributed by atoms with van der Waals surface area (Å²) in [6.45, 7) is 3.21. The maximum Gasteiger partial charge on any atom is 0.240 e. The Kier molecular flexibility index (Phi) is 6.36. The van der Waals surface area contributed by atoms with Crippen molar-refractivity contribution >= 4 is 24.2 Å². The minimum absolute atomic E-state index is 0. The smallest absolute Gasteiger partial charge is 0.240 e. The van der Waals surface area contributed by atoms with Crippen LogP contribution in [0.3, 0.4) is 0 Å². The molecule has 1 atom stereocenters. The van der Waals surface area contributed by atoms with E-state index in [1.807, 2.05) is 6.92 Å². The van der Waals surface area contributed by atoms with Gasteiger partial charge >= 0.3 is 0 Å². The minimum Gasteiger partial charge on any atom is -0.370 e. The average Bonchev–Trinajstić information content (AvgIpc) is 2.66. The van der Waals surface area contributed by atoms with E-state index in [0.717, 1.165) is 25.8 Å². The van der Waals surface area contributed by atoms with Gasteiger partial charge in [0.1, 0.15) is 0 Å². The highest BCUT2D eigenvalue weighted by Gasteiger charge is 2.38. The highest BCUT2D eigenvalue weighted by Crippen LogP contribution is 2.22. The SMILES string of the molecule is CCC1(C(=O)NCCC(N)=O)CCCN1.Cl. The molecule has 16 heavy (non-hydrogen) atoms. The normalized spacial score (nSPS) is 23.6. The third-order valence-corrected chi connectivity index (χ3v) is 2.94. The van der Waals surface area contributed by atoms with Crippen molar-refractivity contribution in [3.63, 3.8) is 0 Å². The maximum absolute atomic E-state index is 11.9. The van der Waals surface area contributed by atoms with Gasteiger partial charge in [-0.25, -0.2) is 0 Å². The molecule has 0 aromatic heterocycles. The first kappa shape index (κ1) is 15.2. The molecule has 0 aromatic carbocycles. The zero-order chi connectivity index (χ0) is 11.3. The lowest BCUT2D eigenvalue weighted by atomic mass is 9.93. The Morgan fingerprint density at radius 3 is 2.62 bits per heavy atom. The molecule has 2 amide bonds. The monoisotopic (exact) mass is 249 g/mol. The van der Waals surface area contributed by atoms with Gasteiger partial charge in [-0.3, -0.25) is 9.59 Å². The number of carbonyl (C=O) groups is 2. The van der Waals surface area contributed by atoms with Gasteiger partial charge in [-0.15, -0.1) is 12.4 Å². The molecule has 6 heteroatoms. The van der Waals surface area contributed by atoms with Crippen LogP contribution in [0.5, 0.6) is 0 Å². The van der Waals surface area contributed by atoms with E-state index in [4.69, 9.17) is 5.73 Å². The molecule has 1 fully saturated rings. The minimum atomic E-state index is -0.419. The van der Waals surface area contributed by atoms with Crippen molar-refractivity contribution in [2.24, 2.45) is 5.73 Å². The number of rotatable bonds is 5. The van der Waals surface area contributed by atoms with Crippen molar-refractivity contribution in [2.75, 3.05) is 13.1 Å². The summed E-state index contributed by atoms with van der Waals surface area (Å²) >= 11 is 0. The first-order valence-corrected chi connectivity index (χ1v) is 5.42. The molecule has 0 saturated carbocycles. The second-order valence-electron chi connectivity index (χ2n) is 3.94. The van der Waals surface area contributed by atoms with Crippen molar-refractivity contribution in [2.45, 2.75) is 38.1 Å². The largest absolute Gasteiger partial charge is 0.370 e. The fourth-order valence-electron chi connectivity index (χ4n) is 1.93. The molecule has 4 N–H and O–H groups in total. The molecule has 1 saturated heterocycles. The van der Waals surface area contributed by atoms with Gasteiger partial charge in [-0.05, 0) is 25.8 Å². The molecule has 1 unspecified atom stereocenters. The lowest BCUT2D eigenvalue weighted by Gasteiger charge is -2.26. The summed E-state index contributed by atoms with van der Waals surface area (Å²) in [6, 6.07) is 0. The summed E-state index contributed by atoms with van der Waals surface area (Å²) < 4.78 is 0. The predicted octanol–water partition coefficient (Wildman–Crippen LogP) is -0.0680. The molecule has 1 rings (SSSR count). The highest BCUT2D eigenvalue weighted by atomic mass is 35.5. The summed E-state index contributed by atoms with van der Waals surface area (Å²) in [5, 5.41) is 5.97. The van der Waals surface area contributed by atoms with Gasteiger partial charge in [0.25, 0.3) is 0 Å². The van der Waals surface area contributed by atoms with Gasteiger partial charge in [0.15, 0.2) is 0 Å². The molecule has 5 nitrogen and oxygen atoms in total. The number of halogens is 1. The van der Waals surface area contributed by atoms with Crippen LogP contribution >= 0.6 is 12.4 Å². The lowest BCUT2D eigenvalue weighted by Crippen LogP contribution is -2.53. The lowest BCUT2D eigenvalue weighted by molar-refractivity contribution is -0.127. The molecule has 0 aromatic rings. The third kappa shape index (κ3) is 3.64. The molecule has 0 bridgehead atoms. The Morgan fingerprint density at radius 1 is 1.50 bits per heavy atom. The number of carbonyl (C=O) groups excluding carboxylic acids is 2. The number of amides is 2. The standard InChI is InChI=1S/C10H19N3O2.ClH/c1-2-10(5-3-6-13-10)9(15)12-7-4-8(11)14;/h13H,2-7H2,1H3,(H2,11,14)(H,12,15);1H. The Morgan fingerprint density at radius 2 is 2.19 bits per heavy atom. The molecular formula is C10H20ClN3O2. The molecule has 0 aliphatic carbocycles. The van der Waals surface area contributed by atoms with Gasteiger partial charge < -0.3 is 16.4 Å². The van der Waals surface area contributed by atoms with Gasteiger partial charge in [0.2, 0.25) is 11.8 Å². The van der Waals surface area contributed by atoms with E-state index in [0.29, 0.717) is 6.54 Å². The Hall–Kier alpha value is -0.810. The Bertz CT molecular complexity index is 252. The molecule has 94 valence electrons. The molecule has 0 radical (unpaired) electrons. The van der Waals surface area contributed by atoms with Crippen LogP contribution in [0.25, 0.3) is 0 Å². The van der Waals surface area contributed by atoms with Crippen LogP contribution in [0.2, 0.25) is 0 Å². The number of primary amides is 1. The zero-order valence-electron chi connectivity index (χ0n) is 9.54. The second kappa shape index (κ2) is 6.70. The van der Waals surface area contributed by atoms with E-state index in [-0.39, 0.29) is 30.6 Å². The van der Waals surface area contributed by atoms with Gasteiger partial charge in [-0.1, -0.05) is 6.92 Å². The van der Waals surface area contributed by atoms with E-state index < -0.39 is 5.54 Å². The average molecular weight is 250 g/mol. The van der Waals surface area contributed by atoms with Gasteiger partial charge in [0.05, 0.1) is 5.54 Å². The van der Waals surface area contributed by atoms with E-state index in [1.54, 1.807) is 0 Å². The zero-order valence-corrected chi connectivity index (χ0v) is 10.4. The summed E-state index contributed by atoms with van der Waals surface area (Å²) in [5.74, 6) is -0.399. The fraction of sp³-hybridized carbons (Fsp3) is 0.800. The van der Waals surface area contributed by atoms with Crippen molar-refractivity contribution in [3.8, 4) is 0 Å². The topological polar surface area (TPSA) is 84.2 Å². The van der Waals surface area contributed by atoms with Crippen LogP contribution in [0.15, 0.2) is 0 Å². The van der Waals surface area contributed by atoms with Crippen LogP contribution < -0.4 is 16.4 Å². The van der Waals surface area contributed by atoms with Gasteiger partial charge in [0, 0.05) is 13.0 Å². The first-order chi connectivity index (χ1) is 7.10. The van der Waals surface area contributed by atoms with Crippen molar-refractivity contribution in [1.82, 2.24) is 10.6 Å². The summed E-state index contributed by atoms with van der Waals surface area (Å²) in [4.78, 5) is 22.4. The summed E-state index contributed by atoms with van der Waals surface area (Å²) in [7, 11) is 0. The Balaban J connectivity index is 0.00000225. The summed E-state index contributed by atoms with van der Waals surface area (Å²) in [6.07, 6.45) is 2.87. The van der Waals surface area contributed by atoms with Crippen LogP contribution in [-0.4, -0.2) is 30.4 Å². The van der Waals surface area contributed by atoms with E-state index in [2.05, 4.69) is 10.6 Å². The number of hydrogen-bond acceptors (Lipinski definition) is 3. The van der Waals surface area contributed by atoms with Crippen LogP contribution in [0, 0.1) is 0 Å². The molecule has 1 heterocycles. The van der Waals surface area contributed by atoms with E-state index >= 15 is 0 Å². The highest BCUT2D eigenvalue weighted by molar-refractivity contribution is 5.87. The number of nitrogens with one attached hydrogen (secondary N) is 2. The number of hydrogen-bond donors (Lipinski definition) is 3. The maximum atomic E-state index is 11.9. The molecule has 1 aliphatic heterocycles. The quantitative estimate of drug-likeness (QED) is 0.638. The van der Waals surface area contributed by atoms with Crippen molar-refractivity contribution < 1.29 is 9.59 Å². The summed E-state index contributed by atoms with van der Waals surface area (Å²) in [5.41, 5.74) is 4.57. The van der Waals surface area contributed by atoms with Crippen molar-refractivity contribution in [1.29, 1.82) is 0 Å². The fourth-order valence-corrected chi connectivity index (χ4v) is 1.93. The van der Waals surface area contributed by atoms with Crippen LogP contribution in [-0.2, 0) is 9.59 Å². The number of nitrogens with two attached hydrogens (primary N) is 1.